The van der Waals surface area contributed by atoms with Crippen LogP contribution in [0.4, 0.5) is 5.69 Å². The van der Waals surface area contributed by atoms with Crippen molar-refractivity contribution in [3.8, 4) is 11.5 Å². The van der Waals surface area contributed by atoms with Crippen LogP contribution in [-0.4, -0.2) is 70.9 Å². The quantitative estimate of drug-likeness (QED) is 0.331. The Bertz CT molecular complexity index is 1270. The lowest BCUT2D eigenvalue weighted by Crippen LogP contribution is -2.48. The third kappa shape index (κ3) is 7.11. The van der Waals surface area contributed by atoms with Crippen molar-refractivity contribution < 1.29 is 9.47 Å². The molecule has 37 heavy (non-hydrogen) atoms. The molecule has 3 aromatic rings. The molecule has 0 bridgehead atoms. The highest BCUT2D eigenvalue weighted by Gasteiger charge is 2.21. The molecule has 0 atom stereocenters. The first-order chi connectivity index (χ1) is 18.1. The Morgan fingerprint density at radius 1 is 0.865 bits per heavy atom. The molecule has 1 saturated heterocycles. The van der Waals surface area contributed by atoms with Gasteiger partial charge < -0.3 is 14.4 Å². The van der Waals surface area contributed by atoms with Crippen molar-refractivity contribution in [2.45, 2.75) is 32.4 Å². The number of aromatic nitrogens is 4. The van der Waals surface area contributed by atoms with Gasteiger partial charge in [-0.1, -0.05) is 23.7 Å². The Morgan fingerprint density at radius 3 is 2.32 bits per heavy atom. The number of para-hydroxylation sites is 2. The molecule has 1 fully saturated rings. The maximum Gasteiger partial charge on any atom is 0.287 e. The largest absolute Gasteiger partial charge is 0.493 e. The van der Waals surface area contributed by atoms with E-state index in [1.807, 2.05) is 24.3 Å². The first-order valence-corrected chi connectivity index (χ1v) is 13.0. The van der Waals surface area contributed by atoms with Crippen molar-refractivity contribution in [2.75, 3.05) is 51.3 Å². The van der Waals surface area contributed by atoms with Crippen LogP contribution in [0.3, 0.4) is 0 Å². The second-order valence-electron chi connectivity index (χ2n) is 8.85. The molecule has 0 radical (unpaired) electrons. The van der Waals surface area contributed by atoms with Crippen molar-refractivity contribution in [3.63, 3.8) is 0 Å². The first-order valence-electron chi connectivity index (χ1n) is 12.6. The highest BCUT2D eigenvalue weighted by Crippen LogP contribution is 2.26. The normalized spacial score (nSPS) is 14.1. The number of hydrogen-bond donors (Lipinski definition) is 0. The van der Waals surface area contributed by atoms with Gasteiger partial charge in [-0.3, -0.25) is 14.5 Å². The van der Waals surface area contributed by atoms with Gasteiger partial charge in [0.2, 0.25) is 0 Å². The highest BCUT2D eigenvalue weighted by atomic mass is 35.5. The van der Waals surface area contributed by atoms with E-state index in [0.717, 1.165) is 63.5 Å². The van der Waals surface area contributed by atoms with Crippen LogP contribution in [0.1, 0.15) is 19.3 Å². The van der Waals surface area contributed by atoms with Gasteiger partial charge in [-0.25, -0.2) is 9.36 Å². The van der Waals surface area contributed by atoms with Crippen molar-refractivity contribution in [1.29, 1.82) is 0 Å². The average Bonchev–Trinajstić information content (AvgIpc) is 2.92. The summed E-state index contributed by atoms with van der Waals surface area (Å²) >= 11 is 6.48. The fraction of sp³-hybridized carbons (Fsp3) is 0.462. The van der Waals surface area contributed by atoms with E-state index in [2.05, 4.69) is 20.0 Å². The smallest absolute Gasteiger partial charge is 0.287 e. The average molecular weight is 529 g/mol. The van der Waals surface area contributed by atoms with E-state index in [1.54, 1.807) is 25.6 Å². The minimum absolute atomic E-state index is 0.107. The zero-order valence-electron chi connectivity index (χ0n) is 21.1. The number of halogens is 1. The summed E-state index contributed by atoms with van der Waals surface area (Å²) in [6.45, 7) is 5.60. The van der Waals surface area contributed by atoms with Gasteiger partial charge in [0, 0.05) is 58.1 Å². The predicted octanol–water partition coefficient (Wildman–Crippen LogP) is 2.53. The van der Waals surface area contributed by atoms with Crippen LogP contribution in [0.2, 0.25) is 5.02 Å². The number of benzene rings is 1. The Kier molecular flexibility index (Phi) is 9.56. The maximum atomic E-state index is 12.8. The molecule has 0 N–H and O–H groups in total. The summed E-state index contributed by atoms with van der Waals surface area (Å²) in [6.07, 6.45) is 5.70. The van der Waals surface area contributed by atoms with Crippen molar-refractivity contribution in [1.82, 2.24) is 24.5 Å². The number of hydrogen-bond acceptors (Lipinski definition) is 8. The van der Waals surface area contributed by atoms with Crippen LogP contribution >= 0.6 is 11.6 Å². The Hall–Kier alpha value is -3.37. The lowest BCUT2D eigenvalue weighted by atomic mass is 10.2. The molecule has 4 rings (SSSR count). The lowest BCUT2D eigenvalue weighted by molar-refractivity contribution is 0.197. The van der Waals surface area contributed by atoms with Crippen LogP contribution in [0, 0.1) is 0 Å². The molecule has 11 heteroatoms. The summed E-state index contributed by atoms with van der Waals surface area (Å²) in [5.74, 6) is 1.47. The SMILES string of the molecule is COc1ccccc1OCCN1CCN(c2cnn(CCCCCn3ncccc3=O)c(=O)c2Cl)CC1. The topological polar surface area (TPSA) is 94.7 Å². The lowest BCUT2D eigenvalue weighted by Gasteiger charge is -2.36. The summed E-state index contributed by atoms with van der Waals surface area (Å²) < 4.78 is 14.1. The van der Waals surface area contributed by atoms with Crippen LogP contribution in [0.15, 0.2) is 58.4 Å². The standard InChI is InChI=1S/C26H33ClN6O4/c1-36-22-8-3-4-9-23(22)37-19-18-30-14-16-31(17-15-30)21-20-29-33(26(35)25(21)27)13-6-2-5-12-32-24(34)10-7-11-28-32/h3-4,7-11,20H,2,5-6,12-19H2,1H3. The Labute approximate surface area is 221 Å². The van der Waals surface area contributed by atoms with Gasteiger partial charge in [0.15, 0.2) is 11.5 Å². The highest BCUT2D eigenvalue weighted by molar-refractivity contribution is 6.33. The van der Waals surface area contributed by atoms with Crippen molar-refractivity contribution >= 4 is 17.3 Å². The molecule has 0 unspecified atom stereocenters. The monoisotopic (exact) mass is 528 g/mol. The van der Waals surface area contributed by atoms with E-state index in [1.165, 1.54) is 15.4 Å². The molecule has 1 aromatic carbocycles. The molecule has 10 nitrogen and oxygen atoms in total. The summed E-state index contributed by atoms with van der Waals surface area (Å²) in [7, 11) is 1.63. The second kappa shape index (κ2) is 13.3. The number of anilines is 1. The molecule has 3 heterocycles. The summed E-state index contributed by atoms with van der Waals surface area (Å²) in [5.41, 5.74) is 0.305. The van der Waals surface area contributed by atoms with Gasteiger partial charge in [-0.2, -0.15) is 10.2 Å². The van der Waals surface area contributed by atoms with E-state index in [4.69, 9.17) is 21.1 Å². The van der Waals surface area contributed by atoms with Gasteiger partial charge in [-0.15, -0.1) is 0 Å². The van der Waals surface area contributed by atoms with E-state index < -0.39 is 0 Å². The molecular formula is C26H33ClN6O4. The molecule has 0 saturated carbocycles. The number of piperazine rings is 1. The number of nitrogens with zero attached hydrogens (tertiary/aromatic N) is 6. The van der Waals surface area contributed by atoms with Crippen LogP contribution in [0.5, 0.6) is 11.5 Å². The predicted molar refractivity (Wildman–Crippen MR) is 143 cm³/mol. The molecule has 1 aliphatic rings. The molecule has 1 aliphatic heterocycles. The van der Waals surface area contributed by atoms with Crippen LogP contribution in [-0.2, 0) is 13.1 Å². The fourth-order valence-corrected chi connectivity index (χ4v) is 4.59. The Balaban J connectivity index is 1.21. The number of ether oxygens (including phenoxy) is 2. The third-order valence-electron chi connectivity index (χ3n) is 6.44. The minimum Gasteiger partial charge on any atom is -0.493 e. The molecule has 2 aromatic heterocycles. The molecule has 198 valence electrons. The zero-order valence-corrected chi connectivity index (χ0v) is 21.8. The van der Waals surface area contributed by atoms with E-state index in [0.29, 0.717) is 25.4 Å². The number of unbranched alkanes of at least 4 members (excludes halogenated alkanes) is 2. The first kappa shape index (κ1) is 26.7. The van der Waals surface area contributed by atoms with Crippen LogP contribution < -0.4 is 25.5 Å². The minimum atomic E-state index is -0.271. The van der Waals surface area contributed by atoms with Crippen molar-refractivity contribution in [2.24, 2.45) is 0 Å². The summed E-state index contributed by atoms with van der Waals surface area (Å²) in [6, 6.07) is 10.8. The Morgan fingerprint density at radius 2 is 1.59 bits per heavy atom. The molecule has 0 aliphatic carbocycles. The van der Waals surface area contributed by atoms with Gasteiger partial charge in [0.25, 0.3) is 11.1 Å². The van der Waals surface area contributed by atoms with Gasteiger partial charge >= 0.3 is 0 Å². The van der Waals surface area contributed by atoms with E-state index in [-0.39, 0.29) is 16.1 Å². The van der Waals surface area contributed by atoms with Crippen LogP contribution in [0.25, 0.3) is 0 Å². The van der Waals surface area contributed by atoms with Gasteiger partial charge in [0.1, 0.15) is 11.6 Å². The number of rotatable bonds is 12. The fourth-order valence-electron chi connectivity index (χ4n) is 4.33. The van der Waals surface area contributed by atoms with E-state index >= 15 is 0 Å². The van der Waals surface area contributed by atoms with Gasteiger partial charge in [-0.05, 0) is 37.5 Å². The molecular weight excluding hydrogens is 496 g/mol. The van der Waals surface area contributed by atoms with E-state index in [9.17, 15) is 9.59 Å². The number of methoxy groups -OCH3 is 1. The molecule has 0 spiro atoms. The van der Waals surface area contributed by atoms with Gasteiger partial charge in [0.05, 0.1) is 19.0 Å². The third-order valence-corrected chi connectivity index (χ3v) is 6.79. The molecule has 0 amide bonds. The van der Waals surface area contributed by atoms with Crippen molar-refractivity contribution in [3.05, 3.63) is 74.5 Å². The summed E-state index contributed by atoms with van der Waals surface area (Å²) in [4.78, 5) is 28.9. The zero-order chi connectivity index (χ0) is 26.0. The summed E-state index contributed by atoms with van der Waals surface area (Å²) in [5, 5.41) is 8.63. The maximum absolute atomic E-state index is 12.8. The number of aryl methyl sites for hydroxylation is 2. The second-order valence-corrected chi connectivity index (χ2v) is 9.22.